The summed E-state index contributed by atoms with van der Waals surface area (Å²) in [5, 5.41) is 1.92. The molecule has 0 atom stereocenters. The summed E-state index contributed by atoms with van der Waals surface area (Å²) in [5.74, 6) is 0.220. The van der Waals surface area contributed by atoms with Gasteiger partial charge in [0.2, 0.25) is 5.91 Å². The van der Waals surface area contributed by atoms with Crippen molar-refractivity contribution in [2.24, 2.45) is 0 Å². The van der Waals surface area contributed by atoms with Gasteiger partial charge in [-0.2, -0.15) is 0 Å². The average Bonchev–Trinajstić information content (AvgIpc) is 2.73. The van der Waals surface area contributed by atoms with Crippen molar-refractivity contribution >= 4 is 28.4 Å². The van der Waals surface area contributed by atoms with Gasteiger partial charge in [-0.05, 0) is 55.9 Å². The Morgan fingerprint density at radius 3 is 2.89 bits per heavy atom. The lowest BCUT2D eigenvalue weighted by Gasteiger charge is -2.14. The van der Waals surface area contributed by atoms with Crippen molar-refractivity contribution in [1.29, 1.82) is 0 Å². The number of aryl methyl sites for hydroxylation is 1. The maximum absolute atomic E-state index is 12.4. The molecule has 1 aromatic heterocycles. The van der Waals surface area contributed by atoms with Gasteiger partial charge in [0.05, 0.1) is 5.52 Å². The van der Waals surface area contributed by atoms with Crippen LogP contribution in [-0.2, 0) is 12.8 Å². The molecule has 1 heterocycles. The zero-order valence-electron chi connectivity index (χ0n) is 11.2. The summed E-state index contributed by atoms with van der Waals surface area (Å²) in [5.41, 5.74) is 3.60. The van der Waals surface area contributed by atoms with Crippen LogP contribution >= 0.6 is 11.6 Å². The number of benzene rings is 1. The summed E-state index contributed by atoms with van der Waals surface area (Å²) in [7, 11) is 0. The Kier molecular flexibility index (Phi) is 3.36. The number of halogens is 1. The van der Waals surface area contributed by atoms with Gasteiger partial charge in [-0.1, -0.05) is 18.5 Å². The van der Waals surface area contributed by atoms with Gasteiger partial charge in [0.25, 0.3) is 0 Å². The van der Waals surface area contributed by atoms with Gasteiger partial charge >= 0.3 is 0 Å². The normalized spacial score (nSPS) is 14.6. The van der Waals surface area contributed by atoms with Crippen LogP contribution in [0.3, 0.4) is 0 Å². The molecule has 0 aliphatic heterocycles. The fourth-order valence-electron chi connectivity index (χ4n) is 3.13. The molecule has 1 aliphatic rings. The zero-order chi connectivity index (χ0) is 13.4. The Morgan fingerprint density at radius 1 is 1.32 bits per heavy atom. The number of carbonyl (C=O) groups excluding carboxylic acids is 1. The molecule has 19 heavy (non-hydrogen) atoms. The smallest absolute Gasteiger partial charge is 0.231 e. The van der Waals surface area contributed by atoms with Crippen molar-refractivity contribution in [2.75, 3.05) is 0 Å². The van der Waals surface area contributed by atoms with Gasteiger partial charge in [0.1, 0.15) is 0 Å². The van der Waals surface area contributed by atoms with E-state index in [4.69, 9.17) is 11.6 Å². The van der Waals surface area contributed by atoms with E-state index in [1.807, 2.05) is 29.7 Å². The number of aromatic nitrogens is 1. The van der Waals surface area contributed by atoms with Gasteiger partial charge in [0, 0.05) is 22.5 Å². The third-order valence-electron chi connectivity index (χ3n) is 3.95. The van der Waals surface area contributed by atoms with E-state index in [-0.39, 0.29) is 5.91 Å². The molecule has 0 bridgehead atoms. The molecule has 3 heteroatoms. The number of fused-ring (bicyclic) bond motifs is 3. The van der Waals surface area contributed by atoms with Gasteiger partial charge in [-0.3, -0.25) is 9.36 Å². The molecule has 0 saturated carbocycles. The molecular formula is C16H18ClNO. The Balaban J connectivity index is 2.27. The first-order valence-electron chi connectivity index (χ1n) is 7.07. The standard InChI is InChI=1S/C16H18ClNO/c1-2-5-16(19)18-14-7-4-3-6-12(14)13-10-11(17)8-9-15(13)18/h8-10H,2-7H2,1H3. The Hall–Kier alpha value is -1.28. The summed E-state index contributed by atoms with van der Waals surface area (Å²) in [4.78, 5) is 12.4. The Morgan fingerprint density at radius 2 is 2.11 bits per heavy atom. The quantitative estimate of drug-likeness (QED) is 0.784. The molecule has 0 unspecified atom stereocenters. The van der Waals surface area contributed by atoms with Crippen LogP contribution in [0.25, 0.3) is 10.9 Å². The molecule has 0 radical (unpaired) electrons. The fourth-order valence-corrected chi connectivity index (χ4v) is 3.30. The topological polar surface area (TPSA) is 22.0 Å². The van der Waals surface area contributed by atoms with Crippen molar-refractivity contribution in [2.45, 2.75) is 45.4 Å². The van der Waals surface area contributed by atoms with Crippen LogP contribution < -0.4 is 0 Å². The van der Waals surface area contributed by atoms with Gasteiger partial charge < -0.3 is 0 Å². The van der Waals surface area contributed by atoms with Crippen LogP contribution in [0.5, 0.6) is 0 Å². The van der Waals surface area contributed by atoms with E-state index in [1.165, 1.54) is 29.5 Å². The first-order valence-corrected chi connectivity index (χ1v) is 7.45. The van der Waals surface area contributed by atoms with E-state index in [9.17, 15) is 4.79 Å². The molecule has 1 aliphatic carbocycles. The fraction of sp³-hybridized carbons (Fsp3) is 0.438. The maximum atomic E-state index is 12.4. The third kappa shape index (κ3) is 2.08. The van der Waals surface area contributed by atoms with Crippen molar-refractivity contribution in [3.8, 4) is 0 Å². The predicted molar refractivity (Wildman–Crippen MR) is 79.1 cm³/mol. The predicted octanol–water partition coefficient (Wildman–Crippen LogP) is 4.61. The van der Waals surface area contributed by atoms with Crippen LogP contribution in [-0.4, -0.2) is 10.5 Å². The van der Waals surface area contributed by atoms with Crippen molar-refractivity contribution in [1.82, 2.24) is 4.57 Å². The summed E-state index contributed by atoms with van der Waals surface area (Å²) >= 11 is 6.12. The lowest BCUT2D eigenvalue weighted by atomic mass is 9.95. The minimum Gasteiger partial charge on any atom is -0.284 e. The van der Waals surface area contributed by atoms with E-state index < -0.39 is 0 Å². The maximum Gasteiger partial charge on any atom is 0.231 e. The van der Waals surface area contributed by atoms with Crippen molar-refractivity contribution < 1.29 is 4.79 Å². The van der Waals surface area contributed by atoms with Crippen LogP contribution in [0.1, 0.15) is 48.7 Å². The second-order valence-electron chi connectivity index (χ2n) is 5.27. The number of nitrogens with zero attached hydrogens (tertiary/aromatic N) is 1. The largest absolute Gasteiger partial charge is 0.284 e. The monoisotopic (exact) mass is 275 g/mol. The van der Waals surface area contributed by atoms with Gasteiger partial charge in [0.15, 0.2) is 0 Å². The minimum atomic E-state index is 0.220. The van der Waals surface area contributed by atoms with Crippen LogP contribution in [0.15, 0.2) is 18.2 Å². The van der Waals surface area contributed by atoms with Crippen molar-refractivity contribution in [3.63, 3.8) is 0 Å². The number of rotatable bonds is 2. The van der Waals surface area contributed by atoms with E-state index in [2.05, 4.69) is 0 Å². The summed E-state index contributed by atoms with van der Waals surface area (Å²) in [6.07, 6.45) is 5.96. The molecule has 100 valence electrons. The second kappa shape index (κ2) is 5.01. The molecule has 3 rings (SSSR count). The molecule has 0 amide bonds. The highest BCUT2D eigenvalue weighted by Crippen LogP contribution is 2.33. The molecule has 0 N–H and O–H groups in total. The molecule has 0 spiro atoms. The van der Waals surface area contributed by atoms with Crippen LogP contribution in [0, 0.1) is 0 Å². The zero-order valence-corrected chi connectivity index (χ0v) is 12.0. The molecule has 2 nitrogen and oxygen atoms in total. The number of hydrogen-bond acceptors (Lipinski definition) is 1. The molecule has 2 aromatic rings. The first kappa shape index (κ1) is 12.7. The van der Waals surface area contributed by atoms with Gasteiger partial charge in [-0.25, -0.2) is 0 Å². The lowest BCUT2D eigenvalue weighted by Crippen LogP contribution is -2.15. The Labute approximate surface area is 118 Å². The summed E-state index contributed by atoms with van der Waals surface area (Å²) in [6, 6.07) is 5.88. The minimum absolute atomic E-state index is 0.220. The van der Waals surface area contributed by atoms with Crippen molar-refractivity contribution in [3.05, 3.63) is 34.5 Å². The third-order valence-corrected chi connectivity index (χ3v) is 4.18. The lowest BCUT2D eigenvalue weighted by molar-refractivity contribution is 0.0903. The highest BCUT2D eigenvalue weighted by molar-refractivity contribution is 6.31. The first-order chi connectivity index (χ1) is 9.22. The van der Waals surface area contributed by atoms with Crippen LogP contribution in [0.4, 0.5) is 0 Å². The van der Waals surface area contributed by atoms with Crippen LogP contribution in [0.2, 0.25) is 5.02 Å². The molecule has 0 fully saturated rings. The summed E-state index contributed by atoms with van der Waals surface area (Å²) < 4.78 is 1.95. The Bertz CT molecular complexity index is 642. The van der Waals surface area contributed by atoms with E-state index in [0.29, 0.717) is 6.42 Å². The SMILES string of the molecule is CCCC(=O)n1c2c(c3cc(Cl)ccc31)CCCC2. The second-order valence-corrected chi connectivity index (χ2v) is 5.71. The highest BCUT2D eigenvalue weighted by atomic mass is 35.5. The number of carbonyl (C=O) groups is 1. The van der Waals surface area contributed by atoms with E-state index >= 15 is 0 Å². The molecule has 1 aromatic carbocycles. The molecule has 0 saturated heterocycles. The van der Waals surface area contributed by atoms with E-state index in [0.717, 1.165) is 29.8 Å². The number of hydrogen-bond donors (Lipinski definition) is 0. The average molecular weight is 276 g/mol. The highest BCUT2D eigenvalue weighted by Gasteiger charge is 2.22. The van der Waals surface area contributed by atoms with Gasteiger partial charge in [-0.15, -0.1) is 0 Å². The molecular weight excluding hydrogens is 258 g/mol. The van der Waals surface area contributed by atoms with E-state index in [1.54, 1.807) is 0 Å². The summed E-state index contributed by atoms with van der Waals surface area (Å²) in [6.45, 7) is 2.05.